The van der Waals surface area contributed by atoms with Crippen molar-refractivity contribution in [2.45, 2.75) is 26.5 Å². The predicted molar refractivity (Wildman–Crippen MR) is 74.4 cm³/mol. The van der Waals surface area contributed by atoms with Crippen molar-refractivity contribution < 1.29 is 15.4 Å². The number of hydrogen-bond donors (Lipinski definition) is 1. The summed E-state index contributed by atoms with van der Waals surface area (Å²) in [6, 6.07) is 3.41. The number of fused-ring (bicyclic) bond motifs is 1. The molecule has 0 amide bonds. The van der Waals surface area contributed by atoms with Crippen LogP contribution in [-0.2, 0) is 4.74 Å². The van der Waals surface area contributed by atoms with Crippen LogP contribution in [0.3, 0.4) is 0 Å². The van der Waals surface area contributed by atoms with Gasteiger partial charge in [0, 0.05) is 32.4 Å². The fraction of sp³-hybridized carbons (Fsp3) is 0.286. The molecule has 0 spiro atoms. The molecule has 6 heteroatoms. The van der Waals surface area contributed by atoms with E-state index in [2.05, 4.69) is 9.97 Å². The van der Waals surface area contributed by atoms with Gasteiger partial charge in [-0.1, -0.05) is 6.92 Å². The predicted octanol–water partition coefficient (Wildman–Crippen LogP) is 3.28. The van der Waals surface area contributed by atoms with E-state index in [1.54, 1.807) is 30.8 Å². The third-order valence-electron chi connectivity index (χ3n) is 3.22. The van der Waals surface area contributed by atoms with Crippen molar-refractivity contribution in [2.75, 3.05) is 0 Å². The molecule has 0 fully saturated rings. The minimum absolute atomic E-state index is 0. The van der Waals surface area contributed by atoms with Gasteiger partial charge in [0.2, 0.25) is 0 Å². The quantitative estimate of drug-likeness (QED) is 0.741. The van der Waals surface area contributed by atoms with Crippen molar-refractivity contribution in [3.63, 3.8) is 0 Å². The monoisotopic (exact) mass is 275 g/mol. The summed E-state index contributed by atoms with van der Waals surface area (Å²) in [6.45, 7) is 3.83. The van der Waals surface area contributed by atoms with Crippen LogP contribution < -0.4 is 0 Å². The van der Waals surface area contributed by atoms with E-state index in [-0.39, 0.29) is 7.65 Å². The molecule has 3 rings (SSSR count). The van der Waals surface area contributed by atoms with Crippen molar-refractivity contribution in [1.82, 2.24) is 14.5 Å². The molecule has 0 aliphatic rings. The van der Waals surface area contributed by atoms with Gasteiger partial charge in [-0.3, -0.25) is 4.57 Å². The number of esters is 1. The summed E-state index contributed by atoms with van der Waals surface area (Å²) >= 11 is 0. The fourth-order valence-corrected chi connectivity index (χ4v) is 2.17. The molecule has 3 heterocycles. The van der Waals surface area contributed by atoms with Crippen molar-refractivity contribution in [2.24, 2.45) is 0 Å². The van der Waals surface area contributed by atoms with Crippen LogP contribution in [0.5, 0.6) is 0 Å². The van der Waals surface area contributed by atoms with E-state index in [0.717, 1.165) is 11.3 Å². The van der Waals surface area contributed by atoms with E-state index < -0.39 is 5.97 Å². The summed E-state index contributed by atoms with van der Waals surface area (Å²) in [5.74, 6) is 0.404. The highest BCUT2D eigenvalue weighted by Gasteiger charge is 2.19. The third kappa shape index (κ3) is 2.09. The topological polar surface area (TPSA) is 73.0 Å². The Labute approximate surface area is 116 Å². The Balaban J connectivity index is 0.00000161. The Morgan fingerprint density at radius 1 is 1.65 bits per heavy atom. The number of nitrogens with one attached hydrogen (secondary N) is 1. The Morgan fingerprint density at radius 3 is 3.15 bits per heavy atom. The van der Waals surface area contributed by atoms with Crippen LogP contribution in [0, 0.1) is 6.92 Å². The Bertz CT molecular complexity index is 715. The summed E-state index contributed by atoms with van der Waals surface area (Å²) in [7, 11) is 0. The SMILES string of the molecule is CCC(OC(=O)c1cc2occc2[nH]1)n1ccnc1C.[HH]. The average molecular weight is 275 g/mol. The van der Waals surface area contributed by atoms with Gasteiger partial charge in [-0.2, -0.15) is 0 Å². The van der Waals surface area contributed by atoms with Crippen LogP contribution in [0.4, 0.5) is 0 Å². The summed E-state index contributed by atoms with van der Waals surface area (Å²) in [5.41, 5.74) is 1.81. The first-order chi connectivity index (χ1) is 9.69. The molecule has 1 N–H and O–H groups in total. The second-order valence-corrected chi connectivity index (χ2v) is 4.53. The van der Waals surface area contributed by atoms with Crippen LogP contribution in [-0.4, -0.2) is 20.5 Å². The molecule has 0 aliphatic carbocycles. The molecule has 1 unspecified atom stereocenters. The molecule has 0 radical (unpaired) electrons. The number of imidazole rings is 1. The molecule has 0 saturated carbocycles. The first-order valence-corrected chi connectivity index (χ1v) is 6.45. The maximum atomic E-state index is 12.2. The van der Waals surface area contributed by atoms with Crippen LogP contribution in [0.15, 0.2) is 35.2 Å². The van der Waals surface area contributed by atoms with Gasteiger partial charge in [-0.25, -0.2) is 9.78 Å². The van der Waals surface area contributed by atoms with E-state index in [1.807, 2.05) is 18.4 Å². The first-order valence-electron chi connectivity index (χ1n) is 6.45. The minimum Gasteiger partial charge on any atom is -0.463 e. The number of furan rings is 1. The fourth-order valence-electron chi connectivity index (χ4n) is 2.17. The van der Waals surface area contributed by atoms with Crippen molar-refractivity contribution in [1.29, 1.82) is 0 Å². The molecule has 0 aromatic carbocycles. The maximum Gasteiger partial charge on any atom is 0.356 e. The van der Waals surface area contributed by atoms with Gasteiger partial charge < -0.3 is 14.1 Å². The summed E-state index contributed by atoms with van der Waals surface area (Å²) < 4.78 is 12.6. The van der Waals surface area contributed by atoms with Gasteiger partial charge in [0.05, 0.1) is 11.8 Å². The number of hydrogen-bond acceptors (Lipinski definition) is 4. The number of rotatable bonds is 4. The van der Waals surface area contributed by atoms with Gasteiger partial charge in [0.1, 0.15) is 11.5 Å². The summed E-state index contributed by atoms with van der Waals surface area (Å²) in [6.07, 6.45) is 5.37. The average Bonchev–Trinajstić information content (AvgIpc) is 3.10. The molecule has 3 aromatic rings. The molecule has 3 aromatic heterocycles. The summed E-state index contributed by atoms with van der Waals surface area (Å²) in [4.78, 5) is 19.3. The van der Waals surface area contributed by atoms with Crippen LogP contribution in [0.1, 0.15) is 37.3 Å². The molecular formula is C14H17N3O3. The smallest absolute Gasteiger partial charge is 0.356 e. The largest absolute Gasteiger partial charge is 0.463 e. The lowest BCUT2D eigenvalue weighted by Crippen LogP contribution is -2.17. The third-order valence-corrected chi connectivity index (χ3v) is 3.22. The lowest BCUT2D eigenvalue weighted by Gasteiger charge is -2.18. The van der Waals surface area contributed by atoms with Crippen LogP contribution in [0.25, 0.3) is 11.1 Å². The molecule has 6 nitrogen and oxygen atoms in total. The molecule has 0 aliphatic heterocycles. The maximum absolute atomic E-state index is 12.2. The standard InChI is InChI=1S/C14H15N3O3.H2/c1-3-13(17-6-5-15-9(17)2)20-14(18)11-8-12-10(16-11)4-7-19-12;/h4-8,13,16H,3H2,1-2H3;1H. The van der Waals surface area contributed by atoms with Crippen LogP contribution in [0.2, 0.25) is 0 Å². The van der Waals surface area contributed by atoms with E-state index in [1.165, 1.54) is 0 Å². The second kappa shape index (κ2) is 4.88. The van der Waals surface area contributed by atoms with Crippen molar-refractivity contribution >= 4 is 17.1 Å². The van der Waals surface area contributed by atoms with E-state index in [4.69, 9.17) is 9.15 Å². The highest BCUT2D eigenvalue weighted by atomic mass is 16.6. The summed E-state index contributed by atoms with van der Waals surface area (Å²) in [5, 5.41) is 0. The molecule has 0 bridgehead atoms. The molecular weight excluding hydrogens is 258 g/mol. The molecule has 1 atom stereocenters. The van der Waals surface area contributed by atoms with E-state index >= 15 is 0 Å². The highest BCUT2D eigenvalue weighted by molar-refractivity contribution is 5.93. The number of nitrogens with zero attached hydrogens (tertiary/aromatic N) is 2. The zero-order valence-electron chi connectivity index (χ0n) is 11.3. The zero-order valence-corrected chi connectivity index (χ0v) is 11.3. The van der Waals surface area contributed by atoms with E-state index in [9.17, 15) is 4.79 Å². The Hall–Kier alpha value is -2.50. The molecule has 20 heavy (non-hydrogen) atoms. The highest BCUT2D eigenvalue weighted by Crippen LogP contribution is 2.20. The number of H-pyrrole nitrogens is 1. The molecule has 0 saturated heterocycles. The van der Waals surface area contributed by atoms with Gasteiger partial charge in [-0.05, 0) is 6.92 Å². The van der Waals surface area contributed by atoms with E-state index in [0.29, 0.717) is 17.7 Å². The number of carbonyl (C=O) groups excluding carboxylic acids is 1. The van der Waals surface area contributed by atoms with Crippen molar-refractivity contribution in [3.8, 4) is 0 Å². The number of ether oxygens (including phenoxy) is 1. The normalized spacial score (nSPS) is 12.7. The van der Waals surface area contributed by atoms with Gasteiger partial charge >= 0.3 is 5.97 Å². The van der Waals surface area contributed by atoms with Crippen LogP contribution >= 0.6 is 0 Å². The lowest BCUT2D eigenvalue weighted by atomic mass is 10.4. The lowest BCUT2D eigenvalue weighted by molar-refractivity contribution is 0.00661. The molecule has 106 valence electrons. The van der Waals surface area contributed by atoms with Gasteiger partial charge in [0.15, 0.2) is 11.8 Å². The Morgan fingerprint density at radius 2 is 2.50 bits per heavy atom. The number of aromatic amines is 1. The first kappa shape index (κ1) is 12.5. The Kier molecular flexibility index (Phi) is 3.06. The van der Waals surface area contributed by atoms with Gasteiger partial charge in [-0.15, -0.1) is 0 Å². The van der Waals surface area contributed by atoms with Gasteiger partial charge in [0.25, 0.3) is 0 Å². The number of carbonyl (C=O) groups is 1. The number of aromatic nitrogens is 3. The minimum atomic E-state index is -0.406. The number of aryl methyl sites for hydroxylation is 1. The second-order valence-electron chi connectivity index (χ2n) is 4.53. The van der Waals surface area contributed by atoms with Crippen molar-refractivity contribution in [3.05, 3.63) is 42.3 Å². The zero-order chi connectivity index (χ0) is 14.1.